The summed E-state index contributed by atoms with van der Waals surface area (Å²) in [5.41, 5.74) is 2.00. The number of piperazine rings is 1. The molecule has 0 unspecified atom stereocenters. The van der Waals surface area contributed by atoms with Gasteiger partial charge in [-0.15, -0.1) is 0 Å². The maximum atomic E-state index is 12.8. The molecule has 0 atom stereocenters. The van der Waals surface area contributed by atoms with E-state index in [9.17, 15) is 9.59 Å². The Morgan fingerprint density at radius 1 is 1.00 bits per heavy atom. The van der Waals surface area contributed by atoms with Gasteiger partial charge < -0.3 is 14.2 Å². The number of halogens is 1. The summed E-state index contributed by atoms with van der Waals surface area (Å²) in [5.74, 6) is -0.158. The Balaban J connectivity index is 1.36. The van der Waals surface area contributed by atoms with Crippen LogP contribution >= 0.6 is 11.6 Å². The standard InChI is InChI=1S/C20H19ClN4O3/c21-18-4-2-1-3-15(18)12-25-13-17(11-22-25)20(27)24-8-6-23(7-9-24)19(26)16-5-10-28-14-16/h1-5,10-11,13-14H,6-9,12H2. The molecule has 1 aromatic carbocycles. The number of nitrogens with zero attached hydrogens (tertiary/aromatic N) is 4. The molecular weight excluding hydrogens is 380 g/mol. The normalized spacial score (nSPS) is 14.3. The van der Waals surface area contributed by atoms with Gasteiger partial charge >= 0.3 is 0 Å². The molecule has 0 N–H and O–H groups in total. The summed E-state index contributed by atoms with van der Waals surface area (Å²) in [4.78, 5) is 28.6. The summed E-state index contributed by atoms with van der Waals surface area (Å²) < 4.78 is 6.67. The van der Waals surface area contributed by atoms with Crippen molar-refractivity contribution >= 4 is 23.4 Å². The number of hydrogen-bond donors (Lipinski definition) is 0. The van der Waals surface area contributed by atoms with E-state index >= 15 is 0 Å². The van der Waals surface area contributed by atoms with Gasteiger partial charge in [-0.05, 0) is 17.7 Å². The maximum absolute atomic E-state index is 12.8. The van der Waals surface area contributed by atoms with E-state index in [4.69, 9.17) is 16.0 Å². The van der Waals surface area contributed by atoms with Crippen LogP contribution in [0.25, 0.3) is 0 Å². The summed E-state index contributed by atoms with van der Waals surface area (Å²) >= 11 is 6.19. The third-order valence-electron chi connectivity index (χ3n) is 4.79. The molecule has 3 aromatic rings. The molecule has 2 aromatic heterocycles. The number of furan rings is 1. The first-order valence-electron chi connectivity index (χ1n) is 8.98. The zero-order valence-corrected chi connectivity index (χ0v) is 15.9. The summed E-state index contributed by atoms with van der Waals surface area (Å²) in [7, 11) is 0. The van der Waals surface area contributed by atoms with E-state index in [-0.39, 0.29) is 11.8 Å². The fraction of sp³-hybridized carbons (Fsp3) is 0.250. The molecule has 1 fully saturated rings. The monoisotopic (exact) mass is 398 g/mol. The number of carbonyl (C=O) groups is 2. The van der Waals surface area contributed by atoms with Crippen molar-refractivity contribution in [1.82, 2.24) is 19.6 Å². The highest BCUT2D eigenvalue weighted by molar-refractivity contribution is 6.31. The third kappa shape index (κ3) is 3.80. The minimum Gasteiger partial charge on any atom is -0.472 e. The Morgan fingerprint density at radius 3 is 2.32 bits per heavy atom. The van der Waals surface area contributed by atoms with Crippen LogP contribution in [0.1, 0.15) is 26.3 Å². The summed E-state index contributed by atoms with van der Waals surface area (Å²) in [6.45, 7) is 2.45. The Kier molecular flexibility index (Phi) is 5.16. The molecule has 144 valence electrons. The van der Waals surface area contributed by atoms with Crippen LogP contribution in [0.2, 0.25) is 5.02 Å². The van der Waals surface area contributed by atoms with E-state index in [1.807, 2.05) is 24.3 Å². The van der Waals surface area contributed by atoms with E-state index in [1.165, 1.54) is 12.5 Å². The smallest absolute Gasteiger partial charge is 0.257 e. The first-order chi connectivity index (χ1) is 13.6. The van der Waals surface area contributed by atoms with Gasteiger partial charge in [-0.1, -0.05) is 29.8 Å². The van der Waals surface area contributed by atoms with Crippen molar-refractivity contribution in [2.75, 3.05) is 26.2 Å². The van der Waals surface area contributed by atoms with E-state index < -0.39 is 0 Å². The van der Waals surface area contributed by atoms with Crippen LogP contribution < -0.4 is 0 Å². The Hall–Kier alpha value is -3.06. The molecule has 0 aliphatic carbocycles. The van der Waals surface area contributed by atoms with Crippen LogP contribution in [0.3, 0.4) is 0 Å². The molecule has 0 radical (unpaired) electrons. The number of benzene rings is 1. The summed E-state index contributed by atoms with van der Waals surface area (Å²) in [6, 6.07) is 9.20. The fourth-order valence-corrected chi connectivity index (χ4v) is 3.42. The molecule has 4 rings (SSSR count). The lowest BCUT2D eigenvalue weighted by Gasteiger charge is -2.34. The molecule has 0 saturated carbocycles. The molecule has 28 heavy (non-hydrogen) atoms. The zero-order chi connectivity index (χ0) is 19.5. The lowest BCUT2D eigenvalue weighted by Crippen LogP contribution is -2.50. The van der Waals surface area contributed by atoms with Crippen molar-refractivity contribution in [3.63, 3.8) is 0 Å². The quantitative estimate of drug-likeness (QED) is 0.677. The highest BCUT2D eigenvalue weighted by Gasteiger charge is 2.26. The van der Waals surface area contributed by atoms with Gasteiger partial charge in [0.2, 0.25) is 0 Å². The number of hydrogen-bond acceptors (Lipinski definition) is 4. The minimum atomic E-state index is -0.0826. The molecule has 2 amide bonds. The van der Waals surface area contributed by atoms with Crippen LogP contribution in [-0.4, -0.2) is 57.6 Å². The van der Waals surface area contributed by atoms with Crippen LogP contribution in [0.4, 0.5) is 0 Å². The molecule has 8 heteroatoms. The molecular formula is C20H19ClN4O3. The topological polar surface area (TPSA) is 71.6 Å². The van der Waals surface area contributed by atoms with Gasteiger partial charge in [-0.25, -0.2) is 0 Å². The number of carbonyl (C=O) groups excluding carboxylic acids is 2. The molecule has 1 saturated heterocycles. The second-order valence-electron chi connectivity index (χ2n) is 6.61. The molecule has 3 heterocycles. The second-order valence-corrected chi connectivity index (χ2v) is 7.02. The van der Waals surface area contributed by atoms with Crippen molar-refractivity contribution in [3.8, 4) is 0 Å². The van der Waals surface area contributed by atoms with Gasteiger partial charge in [0.25, 0.3) is 11.8 Å². The SMILES string of the molecule is O=C(c1ccoc1)N1CCN(C(=O)c2cnn(Cc3ccccc3Cl)c2)CC1. The third-order valence-corrected chi connectivity index (χ3v) is 5.16. The Labute approximate surface area is 167 Å². The van der Waals surface area contributed by atoms with Crippen molar-refractivity contribution in [3.05, 3.63) is 77.0 Å². The van der Waals surface area contributed by atoms with E-state index in [0.29, 0.717) is 48.9 Å². The van der Waals surface area contributed by atoms with Gasteiger partial charge in [-0.2, -0.15) is 5.10 Å². The van der Waals surface area contributed by atoms with Crippen LogP contribution in [-0.2, 0) is 6.54 Å². The fourth-order valence-electron chi connectivity index (χ4n) is 3.23. The summed E-state index contributed by atoms with van der Waals surface area (Å²) in [6.07, 6.45) is 6.22. The molecule has 1 aliphatic rings. The largest absolute Gasteiger partial charge is 0.472 e. The van der Waals surface area contributed by atoms with Crippen molar-refractivity contribution in [2.45, 2.75) is 6.54 Å². The molecule has 0 bridgehead atoms. The molecule has 1 aliphatic heterocycles. The van der Waals surface area contributed by atoms with Crippen molar-refractivity contribution in [2.24, 2.45) is 0 Å². The van der Waals surface area contributed by atoms with Crippen LogP contribution in [0.15, 0.2) is 59.7 Å². The highest BCUT2D eigenvalue weighted by Crippen LogP contribution is 2.17. The van der Waals surface area contributed by atoms with Crippen LogP contribution in [0.5, 0.6) is 0 Å². The van der Waals surface area contributed by atoms with Crippen LogP contribution in [0, 0.1) is 0 Å². The molecule has 0 spiro atoms. The van der Waals surface area contributed by atoms with Gasteiger partial charge in [0.05, 0.1) is 30.1 Å². The average molecular weight is 399 g/mol. The lowest BCUT2D eigenvalue weighted by molar-refractivity contribution is 0.0535. The lowest BCUT2D eigenvalue weighted by atomic mass is 10.2. The Bertz CT molecular complexity index is 975. The molecule has 7 nitrogen and oxygen atoms in total. The number of amides is 2. The summed E-state index contributed by atoms with van der Waals surface area (Å²) in [5, 5.41) is 4.95. The average Bonchev–Trinajstić information content (AvgIpc) is 3.41. The second kappa shape index (κ2) is 7.90. The predicted molar refractivity (Wildman–Crippen MR) is 103 cm³/mol. The Morgan fingerprint density at radius 2 is 1.68 bits per heavy atom. The minimum absolute atomic E-state index is 0.0755. The first-order valence-corrected chi connectivity index (χ1v) is 9.36. The van der Waals surface area contributed by atoms with Gasteiger partial charge in [0.15, 0.2) is 0 Å². The zero-order valence-electron chi connectivity index (χ0n) is 15.1. The highest BCUT2D eigenvalue weighted by atomic mass is 35.5. The van der Waals surface area contributed by atoms with Gasteiger partial charge in [0.1, 0.15) is 6.26 Å². The first kappa shape index (κ1) is 18.3. The van der Waals surface area contributed by atoms with Gasteiger partial charge in [0, 0.05) is 37.4 Å². The predicted octanol–water partition coefficient (Wildman–Crippen LogP) is 2.78. The van der Waals surface area contributed by atoms with E-state index in [2.05, 4.69) is 5.10 Å². The van der Waals surface area contributed by atoms with Crippen molar-refractivity contribution < 1.29 is 14.0 Å². The van der Waals surface area contributed by atoms with Gasteiger partial charge in [-0.3, -0.25) is 14.3 Å². The van der Waals surface area contributed by atoms with E-state index in [1.54, 1.807) is 32.9 Å². The van der Waals surface area contributed by atoms with E-state index in [0.717, 1.165) is 5.56 Å². The number of aromatic nitrogens is 2. The maximum Gasteiger partial charge on any atom is 0.257 e. The van der Waals surface area contributed by atoms with Crippen molar-refractivity contribution in [1.29, 1.82) is 0 Å². The number of rotatable bonds is 4.